The minimum absolute atomic E-state index is 0.00724. The van der Waals surface area contributed by atoms with Crippen LogP contribution in [-0.4, -0.2) is 34.4 Å². The number of carbonyl (C=O) groups is 2. The fourth-order valence-electron chi connectivity index (χ4n) is 5.42. The van der Waals surface area contributed by atoms with E-state index in [9.17, 15) is 27.6 Å². The van der Waals surface area contributed by atoms with Gasteiger partial charge in [-0.15, -0.1) is 0 Å². The van der Waals surface area contributed by atoms with Crippen LogP contribution >= 0.6 is 11.6 Å². The highest BCUT2D eigenvalue weighted by molar-refractivity contribution is 6.30. The summed E-state index contributed by atoms with van der Waals surface area (Å²) >= 11 is 6.34. The molecule has 3 aromatic carbocycles. The maximum Gasteiger partial charge on any atom is 0.274 e. The molecule has 214 valence electrons. The number of carbonyl (C=O) groups excluding carboxylic acids is 2. The van der Waals surface area contributed by atoms with Gasteiger partial charge in [0.15, 0.2) is 11.4 Å². The lowest BCUT2D eigenvalue weighted by Gasteiger charge is -2.35. The van der Waals surface area contributed by atoms with Gasteiger partial charge in [-0.25, -0.2) is 13.2 Å². The van der Waals surface area contributed by atoms with Gasteiger partial charge in [0, 0.05) is 48.5 Å². The predicted octanol–water partition coefficient (Wildman–Crippen LogP) is 5.03. The fraction of sp³-hybridized carbons (Fsp3) is 0.194. The third-order valence-corrected chi connectivity index (χ3v) is 7.77. The number of nitrogens with one attached hydrogen (secondary N) is 1. The molecule has 1 atom stereocenters. The lowest BCUT2D eigenvalue weighted by Crippen LogP contribution is -2.45. The monoisotopic (exact) mass is 593 g/mol. The average molecular weight is 594 g/mol. The summed E-state index contributed by atoms with van der Waals surface area (Å²) in [7, 11) is 0. The summed E-state index contributed by atoms with van der Waals surface area (Å²) in [5.41, 5.74) is 0.706. The fourth-order valence-corrected chi connectivity index (χ4v) is 5.60. The van der Waals surface area contributed by atoms with E-state index in [2.05, 4.69) is 5.32 Å². The molecule has 0 spiro atoms. The Bertz CT molecular complexity index is 1770. The summed E-state index contributed by atoms with van der Waals surface area (Å²) in [6.45, 7) is -0.0200. The smallest absolute Gasteiger partial charge is 0.274 e. The van der Waals surface area contributed by atoms with Crippen LogP contribution in [0.2, 0.25) is 5.02 Å². The molecule has 0 saturated carbocycles. The first-order chi connectivity index (χ1) is 20.2. The van der Waals surface area contributed by atoms with Crippen molar-refractivity contribution >= 4 is 23.4 Å². The largest absolute Gasteiger partial charge is 0.483 e. The predicted molar refractivity (Wildman–Crippen MR) is 148 cm³/mol. The van der Waals surface area contributed by atoms with Crippen molar-refractivity contribution < 1.29 is 27.5 Å². The molecule has 2 bridgehead atoms. The number of hydrogen-bond acceptors (Lipinski definition) is 4. The van der Waals surface area contributed by atoms with Crippen LogP contribution in [0.5, 0.6) is 5.75 Å². The number of ether oxygens (including phenoxy) is 1. The molecular weight excluding hydrogens is 571 g/mol. The minimum atomic E-state index is -1.18. The van der Waals surface area contributed by atoms with Gasteiger partial charge in [0.25, 0.3) is 11.8 Å². The molecule has 2 aliphatic heterocycles. The first-order valence-electron chi connectivity index (χ1n) is 13.2. The molecule has 7 nitrogen and oxygen atoms in total. The van der Waals surface area contributed by atoms with Gasteiger partial charge >= 0.3 is 0 Å². The van der Waals surface area contributed by atoms with Crippen LogP contribution in [0.4, 0.5) is 13.2 Å². The Morgan fingerprint density at radius 2 is 1.76 bits per heavy atom. The van der Waals surface area contributed by atoms with Crippen LogP contribution < -0.4 is 15.5 Å². The van der Waals surface area contributed by atoms with Gasteiger partial charge in [-0.1, -0.05) is 48.0 Å². The summed E-state index contributed by atoms with van der Waals surface area (Å²) < 4.78 is 49.3. The molecule has 1 aromatic heterocycles. The second kappa shape index (κ2) is 11.0. The van der Waals surface area contributed by atoms with E-state index in [-0.39, 0.29) is 30.2 Å². The third-order valence-electron chi connectivity index (χ3n) is 7.53. The molecule has 11 heteroatoms. The Kier molecular flexibility index (Phi) is 7.24. The van der Waals surface area contributed by atoms with Gasteiger partial charge in [0.2, 0.25) is 5.43 Å². The number of rotatable bonds is 6. The lowest BCUT2D eigenvalue weighted by atomic mass is 9.97. The molecule has 42 heavy (non-hydrogen) atoms. The topological polar surface area (TPSA) is 80.6 Å². The number of hydrogen-bond donors (Lipinski definition) is 1. The zero-order valence-electron chi connectivity index (χ0n) is 22.0. The molecule has 6 rings (SSSR count). The van der Waals surface area contributed by atoms with Gasteiger partial charge in [0.1, 0.15) is 29.6 Å². The van der Waals surface area contributed by atoms with Crippen molar-refractivity contribution in [2.75, 3.05) is 13.1 Å². The van der Waals surface area contributed by atoms with Crippen LogP contribution in [0.3, 0.4) is 0 Å². The molecular formula is C31H23ClF3N3O4. The zero-order valence-corrected chi connectivity index (χ0v) is 22.8. The molecule has 1 N–H and O–H groups in total. The van der Waals surface area contributed by atoms with Crippen LogP contribution in [0.25, 0.3) is 0 Å². The van der Waals surface area contributed by atoms with Crippen molar-refractivity contribution in [3.05, 3.63) is 133 Å². The van der Waals surface area contributed by atoms with E-state index >= 15 is 0 Å². The molecule has 0 fully saturated rings. The summed E-state index contributed by atoms with van der Waals surface area (Å²) in [5, 5.41) is 2.84. The number of halogens is 4. The first-order valence-corrected chi connectivity index (χ1v) is 13.5. The van der Waals surface area contributed by atoms with Gasteiger partial charge < -0.3 is 19.5 Å². The van der Waals surface area contributed by atoms with Crippen molar-refractivity contribution in [2.24, 2.45) is 0 Å². The second-order valence-electron chi connectivity index (χ2n) is 10.1. The van der Waals surface area contributed by atoms with Gasteiger partial charge in [0.05, 0.1) is 6.04 Å². The summed E-state index contributed by atoms with van der Waals surface area (Å²) in [6.07, 6.45) is 1.84. The van der Waals surface area contributed by atoms with E-state index in [4.69, 9.17) is 16.3 Å². The van der Waals surface area contributed by atoms with Gasteiger partial charge in [-0.05, 0) is 35.2 Å². The summed E-state index contributed by atoms with van der Waals surface area (Å²) in [6, 6.07) is 14.9. The van der Waals surface area contributed by atoms with Crippen molar-refractivity contribution in [3.63, 3.8) is 0 Å². The maximum absolute atomic E-state index is 14.2. The normalized spacial score (nSPS) is 15.5. The number of aromatic nitrogens is 1. The number of benzene rings is 3. The molecule has 0 unspecified atom stereocenters. The lowest BCUT2D eigenvalue weighted by molar-refractivity contribution is 0.0682. The quantitative estimate of drug-likeness (QED) is 0.340. The molecule has 3 heterocycles. The minimum Gasteiger partial charge on any atom is -0.483 e. The Morgan fingerprint density at radius 1 is 1.02 bits per heavy atom. The van der Waals surface area contributed by atoms with Crippen molar-refractivity contribution in [3.8, 4) is 5.75 Å². The van der Waals surface area contributed by atoms with Crippen LogP contribution in [0.15, 0.2) is 71.7 Å². The average Bonchev–Trinajstić information content (AvgIpc) is 3.13. The molecule has 0 radical (unpaired) electrons. The Labute approximate surface area is 243 Å². The van der Waals surface area contributed by atoms with Gasteiger partial charge in [-0.2, -0.15) is 0 Å². The van der Waals surface area contributed by atoms with E-state index in [1.807, 2.05) is 12.1 Å². The first kappa shape index (κ1) is 27.6. The van der Waals surface area contributed by atoms with E-state index in [1.54, 1.807) is 45.9 Å². The number of amides is 2. The zero-order chi connectivity index (χ0) is 29.5. The molecule has 4 aromatic rings. The molecule has 0 saturated heterocycles. The van der Waals surface area contributed by atoms with E-state index in [1.165, 1.54) is 6.20 Å². The van der Waals surface area contributed by atoms with Crippen LogP contribution in [0.1, 0.15) is 49.1 Å². The van der Waals surface area contributed by atoms with Crippen LogP contribution in [0, 0.1) is 17.5 Å². The van der Waals surface area contributed by atoms with E-state index in [0.29, 0.717) is 30.1 Å². The molecule has 2 amide bonds. The van der Waals surface area contributed by atoms with E-state index < -0.39 is 52.8 Å². The summed E-state index contributed by atoms with van der Waals surface area (Å²) in [4.78, 5) is 42.5. The number of pyridine rings is 1. The number of nitrogens with zero attached hydrogens (tertiary/aromatic N) is 2. The van der Waals surface area contributed by atoms with E-state index in [0.717, 1.165) is 16.7 Å². The SMILES string of the molecule is O=C(NCc1c(F)cc(F)cc1F)c1cn2c(c(OCc3ccccc3)c1=O)C(=O)N1CCc3ccc(Cl)cc3[C@H]2C1. The third kappa shape index (κ3) is 5.02. The van der Waals surface area contributed by atoms with Crippen molar-refractivity contribution in [1.82, 2.24) is 14.8 Å². The Morgan fingerprint density at radius 3 is 2.50 bits per heavy atom. The standard InChI is InChI=1S/C31H23ClF3N3O4/c32-19-7-6-18-8-9-37-15-26(21(18)10-19)38-14-23(30(40)36-13-22-24(34)11-20(33)12-25(22)35)28(39)29(27(38)31(37)41)42-16-17-4-2-1-3-5-17/h1-7,10-12,14,26H,8-9,13,15-16H2,(H,36,40)/t26-/m1/s1. The highest BCUT2D eigenvalue weighted by atomic mass is 35.5. The summed E-state index contributed by atoms with van der Waals surface area (Å²) in [5.74, 6) is -5.14. The maximum atomic E-state index is 14.2. The second-order valence-corrected chi connectivity index (χ2v) is 10.6. The highest BCUT2D eigenvalue weighted by Crippen LogP contribution is 2.36. The Balaban J connectivity index is 1.46. The number of fused-ring (bicyclic) bond motifs is 6. The van der Waals surface area contributed by atoms with Gasteiger partial charge in [-0.3, -0.25) is 14.4 Å². The Hall–Kier alpha value is -4.57. The molecule has 2 aliphatic rings. The molecule has 0 aliphatic carbocycles. The van der Waals surface area contributed by atoms with Crippen molar-refractivity contribution in [1.29, 1.82) is 0 Å². The van der Waals surface area contributed by atoms with Crippen LogP contribution in [-0.2, 0) is 19.6 Å². The highest BCUT2D eigenvalue weighted by Gasteiger charge is 2.39. The van der Waals surface area contributed by atoms with Crippen molar-refractivity contribution in [2.45, 2.75) is 25.6 Å².